The second-order valence-corrected chi connectivity index (χ2v) is 8.47. The second kappa shape index (κ2) is 8.89. The van der Waals surface area contributed by atoms with Gasteiger partial charge in [0.05, 0.1) is 25.4 Å². The number of ether oxygens (including phenoxy) is 1. The van der Waals surface area contributed by atoms with Crippen molar-refractivity contribution in [2.45, 2.75) is 32.2 Å². The van der Waals surface area contributed by atoms with Crippen LogP contribution in [-0.4, -0.2) is 64.9 Å². The molecule has 0 aliphatic carbocycles. The first kappa shape index (κ1) is 21.5. The summed E-state index contributed by atoms with van der Waals surface area (Å²) in [6.07, 6.45) is 5.95. The van der Waals surface area contributed by atoms with Crippen LogP contribution in [0.25, 0.3) is 0 Å². The molecular formula is C22H25FN6O4. The number of hydrogen-bond acceptors (Lipinski definition) is 8. The maximum atomic E-state index is 14.2. The third-order valence-electron chi connectivity index (χ3n) is 6.26. The van der Waals surface area contributed by atoms with Crippen molar-refractivity contribution in [3.63, 3.8) is 0 Å². The number of nitrogens with zero attached hydrogens (tertiary/aromatic N) is 6. The highest BCUT2D eigenvalue weighted by Gasteiger charge is 2.37. The molecule has 33 heavy (non-hydrogen) atoms. The lowest BCUT2D eigenvalue weighted by atomic mass is 9.95. The quantitative estimate of drug-likeness (QED) is 0.691. The molecule has 2 aromatic heterocycles. The van der Waals surface area contributed by atoms with E-state index in [0.29, 0.717) is 38.5 Å². The van der Waals surface area contributed by atoms with Gasteiger partial charge in [0.25, 0.3) is 0 Å². The van der Waals surface area contributed by atoms with Crippen molar-refractivity contribution in [2.75, 3.05) is 42.6 Å². The number of piperidine rings is 1. The maximum Gasteiger partial charge on any atom is 0.415 e. The minimum atomic E-state index is -0.675. The summed E-state index contributed by atoms with van der Waals surface area (Å²) in [5.41, 5.74) is 2.02. The molecule has 5 heterocycles. The van der Waals surface area contributed by atoms with Crippen LogP contribution >= 0.6 is 0 Å². The Kier molecular flexibility index (Phi) is 5.79. The van der Waals surface area contributed by atoms with Crippen molar-refractivity contribution in [1.82, 2.24) is 20.0 Å². The molecular weight excluding hydrogens is 431 g/mol. The van der Waals surface area contributed by atoms with Crippen molar-refractivity contribution in [3.8, 4) is 0 Å². The standard InChI is InChI=1S/C22H25FN6O4/c1-14-10-16(12-24-11-14)18-4-8-33-29(18)20(30)15-2-5-27(6-3-15)21-25-13-17(23)19(26-21)28-7-9-32-22(28)31/h10-13,15,18H,2-9H2,1H3/t18-/m0/s1. The number of aryl methyl sites for hydroxylation is 1. The van der Waals surface area contributed by atoms with Gasteiger partial charge in [-0.05, 0) is 30.9 Å². The summed E-state index contributed by atoms with van der Waals surface area (Å²) in [6, 6.07) is 1.90. The Balaban J connectivity index is 1.25. The number of pyridine rings is 1. The molecule has 1 atom stereocenters. The zero-order chi connectivity index (χ0) is 22.9. The van der Waals surface area contributed by atoms with Crippen molar-refractivity contribution >= 4 is 23.8 Å². The molecule has 0 bridgehead atoms. The average molecular weight is 456 g/mol. The van der Waals surface area contributed by atoms with Crippen molar-refractivity contribution < 1.29 is 23.6 Å². The summed E-state index contributed by atoms with van der Waals surface area (Å²) in [5, 5.41) is 1.52. The molecule has 174 valence electrons. The minimum absolute atomic E-state index is 0.0285. The number of carbonyl (C=O) groups excluding carboxylic acids is 2. The maximum absolute atomic E-state index is 14.2. The van der Waals surface area contributed by atoms with Crippen LogP contribution in [-0.2, 0) is 14.4 Å². The third-order valence-corrected chi connectivity index (χ3v) is 6.26. The van der Waals surface area contributed by atoms with Crippen LogP contribution < -0.4 is 9.80 Å². The monoisotopic (exact) mass is 456 g/mol. The van der Waals surface area contributed by atoms with Gasteiger partial charge in [0, 0.05) is 37.8 Å². The van der Waals surface area contributed by atoms with Gasteiger partial charge in [0.2, 0.25) is 11.9 Å². The van der Waals surface area contributed by atoms with Crippen LogP contribution in [0.4, 0.5) is 21.0 Å². The van der Waals surface area contributed by atoms with Gasteiger partial charge in [-0.3, -0.25) is 19.5 Å². The number of amides is 2. The summed E-state index contributed by atoms with van der Waals surface area (Å²) in [7, 11) is 0. The molecule has 0 spiro atoms. The number of halogens is 1. The molecule has 0 unspecified atom stereocenters. The third kappa shape index (κ3) is 4.20. The van der Waals surface area contributed by atoms with Gasteiger partial charge in [0.15, 0.2) is 11.6 Å². The fraction of sp³-hybridized carbons (Fsp3) is 0.500. The predicted octanol–water partition coefficient (Wildman–Crippen LogP) is 2.40. The van der Waals surface area contributed by atoms with Crippen LogP contribution in [0.15, 0.2) is 24.7 Å². The van der Waals surface area contributed by atoms with Crippen molar-refractivity contribution in [3.05, 3.63) is 41.6 Å². The van der Waals surface area contributed by atoms with Crippen LogP contribution in [0.3, 0.4) is 0 Å². The van der Waals surface area contributed by atoms with E-state index < -0.39 is 11.9 Å². The number of rotatable bonds is 4. The summed E-state index contributed by atoms with van der Waals surface area (Å²) < 4.78 is 19.1. The normalized spacial score (nSPS) is 21.6. The van der Waals surface area contributed by atoms with Crippen molar-refractivity contribution in [1.29, 1.82) is 0 Å². The smallest absolute Gasteiger partial charge is 0.415 e. The topological polar surface area (TPSA) is 101 Å². The lowest BCUT2D eigenvalue weighted by Gasteiger charge is -2.34. The van der Waals surface area contributed by atoms with E-state index in [0.717, 1.165) is 23.7 Å². The van der Waals surface area contributed by atoms with Gasteiger partial charge in [-0.15, -0.1) is 0 Å². The molecule has 11 heteroatoms. The highest BCUT2D eigenvalue weighted by atomic mass is 19.1. The molecule has 2 amide bonds. The summed E-state index contributed by atoms with van der Waals surface area (Å²) in [4.78, 5) is 46.5. The highest BCUT2D eigenvalue weighted by Crippen LogP contribution is 2.34. The molecule has 3 aliphatic heterocycles. The van der Waals surface area contributed by atoms with Crippen LogP contribution in [0.2, 0.25) is 0 Å². The Bertz CT molecular complexity index is 1060. The Labute approximate surface area is 190 Å². The molecule has 3 aliphatic rings. The molecule has 5 rings (SSSR count). The van der Waals surface area contributed by atoms with E-state index in [1.54, 1.807) is 12.4 Å². The van der Waals surface area contributed by atoms with Gasteiger partial charge in [-0.25, -0.2) is 19.2 Å². The van der Waals surface area contributed by atoms with E-state index in [1.165, 1.54) is 9.96 Å². The second-order valence-electron chi connectivity index (χ2n) is 8.47. The Morgan fingerprint density at radius 1 is 1.12 bits per heavy atom. The van der Waals surface area contributed by atoms with E-state index in [2.05, 4.69) is 15.0 Å². The number of aromatic nitrogens is 3. The van der Waals surface area contributed by atoms with E-state index in [9.17, 15) is 14.0 Å². The fourth-order valence-corrected chi connectivity index (χ4v) is 4.53. The fourth-order valence-electron chi connectivity index (χ4n) is 4.53. The first-order valence-corrected chi connectivity index (χ1v) is 11.1. The summed E-state index contributed by atoms with van der Waals surface area (Å²) in [6.45, 7) is 3.99. The van der Waals surface area contributed by atoms with Gasteiger partial charge in [-0.2, -0.15) is 4.98 Å². The number of carbonyl (C=O) groups is 2. The predicted molar refractivity (Wildman–Crippen MR) is 115 cm³/mol. The van der Waals surface area contributed by atoms with Crippen LogP contribution in [0.5, 0.6) is 0 Å². The van der Waals surface area contributed by atoms with E-state index >= 15 is 0 Å². The SMILES string of the molecule is Cc1cncc([C@@H]2CCON2C(=O)C2CCN(c3ncc(F)c(N4CCOC4=O)n3)CC2)c1. The highest BCUT2D eigenvalue weighted by molar-refractivity contribution is 5.88. The van der Waals surface area contributed by atoms with Crippen LogP contribution in [0.1, 0.15) is 36.4 Å². The molecule has 2 aromatic rings. The number of cyclic esters (lactones) is 1. The van der Waals surface area contributed by atoms with Gasteiger partial charge in [-0.1, -0.05) is 6.07 Å². The first-order chi connectivity index (χ1) is 16.0. The molecule has 0 aromatic carbocycles. The number of hydroxylamine groups is 2. The Morgan fingerprint density at radius 3 is 2.67 bits per heavy atom. The summed E-state index contributed by atoms with van der Waals surface area (Å²) in [5.74, 6) is -0.642. The lowest BCUT2D eigenvalue weighted by Crippen LogP contribution is -2.42. The van der Waals surface area contributed by atoms with Gasteiger partial charge < -0.3 is 9.64 Å². The van der Waals surface area contributed by atoms with E-state index in [4.69, 9.17) is 9.57 Å². The van der Waals surface area contributed by atoms with Crippen molar-refractivity contribution in [2.24, 2.45) is 5.92 Å². The zero-order valence-electron chi connectivity index (χ0n) is 18.3. The Hall–Kier alpha value is -3.34. The first-order valence-electron chi connectivity index (χ1n) is 11.1. The van der Waals surface area contributed by atoms with Gasteiger partial charge in [0.1, 0.15) is 6.61 Å². The Morgan fingerprint density at radius 2 is 1.94 bits per heavy atom. The molecule has 10 nitrogen and oxygen atoms in total. The minimum Gasteiger partial charge on any atom is -0.447 e. The van der Waals surface area contributed by atoms with Gasteiger partial charge >= 0.3 is 6.09 Å². The molecule has 3 fully saturated rings. The average Bonchev–Trinajstić information content (AvgIpc) is 3.48. The zero-order valence-corrected chi connectivity index (χ0v) is 18.3. The largest absolute Gasteiger partial charge is 0.447 e. The van der Waals surface area contributed by atoms with Crippen LogP contribution in [0, 0.1) is 18.7 Å². The summed E-state index contributed by atoms with van der Waals surface area (Å²) >= 11 is 0. The van der Waals surface area contributed by atoms with E-state index in [1.807, 2.05) is 17.9 Å². The molecule has 0 saturated carbocycles. The van der Waals surface area contributed by atoms with E-state index in [-0.39, 0.29) is 36.8 Å². The molecule has 0 radical (unpaired) electrons. The number of anilines is 2. The molecule has 3 saturated heterocycles. The lowest BCUT2D eigenvalue weighted by molar-refractivity contribution is -0.182. The number of hydrogen-bond donors (Lipinski definition) is 0. The molecule has 0 N–H and O–H groups in total.